The summed E-state index contributed by atoms with van der Waals surface area (Å²) in [6.07, 6.45) is -2.60. The number of aryl methyl sites for hydroxylation is 1. The largest absolute Gasteiger partial charge is 0.573 e. The lowest BCUT2D eigenvalue weighted by molar-refractivity contribution is -0.274. The number of aliphatic carboxylic acids is 1. The molecule has 0 aliphatic heterocycles. The molecular weight excluding hydrogens is 385 g/mol. The number of alkyl halides is 3. The first-order valence-electron chi connectivity index (χ1n) is 8.77. The lowest BCUT2D eigenvalue weighted by atomic mass is 10.0. The van der Waals surface area contributed by atoms with Crippen LogP contribution in [0.15, 0.2) is 60.9 Å². The molecule has 8 heteroatoms. The summed E-state index contributed by atoms with van der Waals surface area (Å²) >= 11 is 0. The van der Waals surface area contributed by atoms with Crippen molar-refractivity contribution in [3.8, 4) is 11.4 Å². The molecule has 0 amide bonds. The van der Waals surface area contributed by atoms with Gasteiger partial charge in [0.05, 0.1) is 11.0 Å². The van der Waals surface area contributed by atoms with Crippen molar-refractivity contribution in [2.45, 2.75) is 19.2 Å². The van der Waals surface area contributed by atoms with E-state index in [1.54, 1.807) is 10.9 Å². The number of carboxylic acids is 1. The number of aromatic nitrogens is 2. The molecule has 0 atom stereocenters. The Hall–Kier alpha value is -3.55. The fraction of sp³-hybridized carbons (Fsp3) is 0.143. The Bertz CT molecular complexity index is 1200. The molecule has 148 valence electrons. The van der Waals surface area contributed by atoms with Gasteiger partial charge < -0.3 is 9.84 Å². The number of hydrogen-bond donors (Lipinski definition) is 1. The van der Waals surface area contributed by atoms with E-state index in [-0.39, 0.29) is 12.2 Å². The van der Waals surface area contributed by atoms with Crippen LogP contribution < -0.4 is 4.74 Å². The number of nitrogens with zero attached hydrogens (tertiary/aromatic N) is 2. The fourth-order valence-electron chi connectivity index (χ4n) is 3.28. The van der Waals surface area contributed by atoms with E-state index in [9.17, 15) is 18.0 Å². The van der Waals surface area contributed by atoms with Gasteiger partial charge >= 0.3 is 12.3 Å². The molecular formula is C21H15F3N2O3. The summed E-state index contributed by atoms with van der Waals surface area (Å²) in [7, 11) is 0. The Morgan fingerprint density at radius 3 is 2.52 bits per heavy atom. The number of rotatable bonds is 5. The van der Waals surface area contributed by atoms with Gasteiger partial charge in [-0.2, -0.15) is 0 Å². The van der Waals surface area contributed by atoms with Crippen LogP contribution in [0.5, 0.6) is 5.75 Å². The molecule has 0 radical (unpaired) electrons. The highest BCUT2D eigenvalue weighted by Gasteiger charge is 2.31. The third-order valence-corrected chi connectivity index (χ3v) is 4.57. The molecule has 5 nitrogen and oxygen atoms in total. The highest BCUT2D eigenvalue weighted by Crippen LogP contribution is 2.29. The van der Waals surface area contributed by atoms with Crippen molar-refractivity contribution in [1.82, 2.24) is 9.55 Å². The number of hydrogen-bond acceptors (Lipinski definition) is 3. The van der Waals surface area contributed by atoms with Gasteiger partial charge in [0.2, 0.25) is 0 Å². The minimum Gasteiger partial charge on any atom is -0.481 e. The topological polar surface area (TPSA) is 64.3 Å². The normalized spacial score (nSPS) is 11.8. The highest BCUT2D eigenvalue weighted by molar-refractivity contribution is 6.04. The Kier molecular flexibility index (Phi) is 4.62. The van der Waals surface area contributed by atoms with Gasteiger partial charge in [0, 0.05) is 17.5 Å². The Labute approximate surface area is 163 Å². The van der Waals surface area contributed by atoms with E-state index in [1.807, 2.05) is 30.3 Å². The Morgan fingerprint density at radius 2 is 1.83 bits per heavy atom. The zero-order valence-corrected chi connectivity index (χ0v) is 15.0. The van der Waals surface area contributed by atoms with Crippen molar-refractivity contribution in [1.29, 1.82) is 0 Å². The van der Waals surface area contributed by atoms with Gasteiger partial charge in [0.15, 0.2) is 0 Å². The Morgan fingerprint density at radius 1 is 1.07 bits per heavy atom. The van der Waals surface area contributed by atoms with Crippen LogP contribution in [0.4, 0.5) is 13.2 Å². The van der Waals surface area contributed by atoms with Crippen molar-refractivity contribution < 1.29 is 27.8 Å². The predicted octanol–water partition coefficient (Wildman–Crippen LogP) is 5.09. The number of carboxylic acid groups (broad SMARTS) is 1. The summed E-state index contributed by atoms with van der Waals surface area (Å²) in [6, 6.07) is 15.1. The number of carbonyl (C=O) groups is 1. The number of imidazole rings is 1. The lowest BCUT2D eigenvalue weighted by Gasteiger charge is -2.10. The van der Waals surface area contributed by atoms with Crippen LogP contribution in [-0.4, -0.2) is 27.0 Å². The first-order chi connectivity index (χ1) is 13.8. The quantitative estimate of drug-likeness (QED) is 0.507. The monoisotopic (exact) mass is 400 g/mol. The molecule has 1 heterocycles. The van der Waals surface area contributed by atoms with Crippen LogP contribution in [0.1, 0.15) is 12.0 Å². The maximum absolute atomic E-state index is 12.3. The number of ether oxygens (including phenoxy) is 1. The van der Waals surface area contributed by atoms with Gasteiger partial charge in [-0.25, -0.2) is 4.98 Å². The van der Waals surface area contributed by atoms with Crippen LogP contribution in [0.3, 0.4) is 0 Å². The molecule has 0 aliphatic carbocycles. The van der Waals surface area contributed by atoms with Crippen LogP contribution in [0.2, 0.25) is 0 Å². The zero-order valence-electron chi connectivity index (χ0n) is 15.0. The van der Waals surface area contributed by atoms with E-state index in [0.717, 1.165) is 27.4 Å². The maximum Gasteiger partial charge on any atom is 0.573 e. The van der Waals surface area contributed by atoms with Crippen LogP contribution in [0, 0.1) is 0 Å². The van der Waals surface area contributed by atoms with E-state index in [1.165, 1.54) is 24.3 Å². The molecule has 0 saturated carbocycles. The molecule has 0 bridgehead atoms. The van der Waals surface area contributed by atoms with E-state index in [2.05, 4.69) is 9.72 Å². The second-order valence-electron chi connectivity index (χ2n) is 6.54. The molecule has 1 N–H and O–H groups in total. The summed E-state index contributed by atoms with van der Waals surface area (Å²) in [5.74, 6) is -1.13. The van der Waals surface area contributed by atoms with E-state index >= 15 is 0 Å². The van der Waals surface area contributed by atoms with Gasteiger partial charge in [-0.3, -0.25) is 9.36 Å². The molecule has 4 aromatic rings. The molecule has 0 fully saturated rings. The average Bonchev–Trinajstić information content (AvgIpc) is 3.10. The molecule has 0 unspecified atom stereocenters. The van der Waals surface area contributed by atoms with Crippen LogP contribution >= 0.6 is 0 Å². The molecule has 29 heavy (non-hydrogen) atoms. The zero-order chi connectivity index (χ0) is 20.6. The first kappa shape index (κ1) is 18.8. The summed E-state index contributed by atoms with van der Waals surface area (Å²) in [5, 5.41) is 10.7. The summed E-state index contributed by atoms with van der Waals surface area (Å²) in [4.78, 5) is 15.2. The third kappa shape index (κ3) is 4.01. The molecule has 3 aromatic carbocycles. The SMILES string of the molecule is O=C(O)CCc1ccc2c(ccc3c2ncn3-c2ccc(OC(F)(F)F)cc2)c1. The minimum atomic E-state index is -4.73. The maximum atomic E-state index is 12.3. The number of fused-ring (bicyclic) bond motifs is 3. The smallest absolute Gasteiger partial charge is 0.481 e. The Balaban J connectivity index is 1.68. The number of halogens is 3. The van der Waals surface area contributed by atoms with Gasteiger partial charge in [0.1, 0.15) is 12.1 Å². The highest BCUT2D eigenvalue weighted by atomic mass is 19.4. The second-order valence-corrected chi connectivity index (χ2v) is 6.54. The third-order valence-electron chi connectivity index (χ3n) is 4.57. The lowest BCUT2D eigenvalue weighted by Crippen LogP contribution is -2.17. The van der Waals surface area contributed by atoms with Gasteiger partial charge in [-0.15, -0.1) is 13.2 Å². The van der Waals surface area contributed by atoms with E-state index in [4.69, 9.17) is 5.11 Å². The van der Waals surface area contributed by atoms with Crippen LogP contribution in [0.25, 0.3) is 27.5 Å². The molecule has 0 saturated heterocycles. The molecule has 4 rings (SSSR count). The van der Waals surface area contributed by atoms with Crippen molar-refractivity contribution in [3.63, 3.8) is 0 Å². The van der Waals surface area contributed by atoms with E-state index in [0.29, 0.717) is 12.1 Å². The minimum absolute atomic E-state index is 0.0659. The number of benzene rings is 3. The summed E-state index contributed by atoms with van der Waals surface area (Å²) in [5.41, 5.74) is 3.14. The summed E-state index contributed by atoms with van der Waals surface area (Å²) < 4.78 is 42.7. The van der Waals surface area contributed by atoms with Crippen molar-refractivity contribution in [2.24, 2.45) is 0 Å². The van der Waals surface area contributed by atoms with Gasteiger partial charge in [-0.1, -0.05) is 24.3 Å². The van der Waals surface area contributed by atoms with Crippen molar-refractivity contribution in [2.75, 3.05) is 0 Å². The molecule has 1 aromatic heterocycles. The van der Waals surface area contributed by atoms with Gasteiger partial charge in [-0.05, 0) is 47.7 Å². The predicted molar refractivity (Wildman–Crippen MR) is 101 cm³/mol. The van der Waals surface area contributed by atoms with Crippen molar-refractivity contribution in [3.05, 3.63) is 66.5 Å². The standard InChI is InChI=1S/C21H15F3N2O3/c22-21(23,24)29-16-6-4-15(5-7-16)26-12-25-20-17-8-1-13(2-10-19(27)28)11-14(17)3-9-18(20)26/h1,3-9,11-12H,2,10H2,(H,27,28). The average molecular weight is 400 g/mol. The fourth-order valence-corrected chi connectivity index (χ4v) is 3.28. The summed E-state index contributed by atoms with van der Waals surface area (Å²) in [6.45, 7) is 0. The first-order valence-corrected chi connectivity index (χ1v) is 8.77. The van der Waals surface area contributed by atoms with Crippen LogP contribution in [-0.2, 0) is 11.2 Å². The molecule has 0 aliphatic rings. The van der Waals surface area contributed by atoms with Crippen molar-refractivity contribution >= 4 is 27.8 Å². The molecule has 0 spiro atoms. The second kappa shape index (κ2) is 7.12. The van der Waals surface area contributed by atoms with Gasteiger partial charge in [0.25, 0.3) is 0 Å². The van der Waals surface area contributed by atoms with E-state index < -0.39 is 12.3 Å².